The van der Waals surface area contributed by atoms with Gasteiger partial charge in [-0.15, -0.1) is 0 Å². The lowest BCUT2D eigenvalue weighted by Crippen LogP contribution is -2.18. The molecule has 0 radical (unpaired) electrons. The van der Waals surface area contributed by atoms with E-state index in [1.54, 1.807) is 6.20 Å². The molecular weight excluding hydrogens is 294 g/mol. The number of hydrogen-bond donors (Lipinski definition) is 1. The predicted octanol–water partition coefficient (Wildman–Crippen LogP) is 2.08. The third kappa shape index (κ3) is 2.59. The molecule has 1 aliphatic heterocycles. The van der Waals surface area contributed by atoms with Gasteiger partial charge in [-0.2, -0.15) is 0 Å². The van der Waals surface area contributed by atoms with Crippen LogP contribution in [0.25, 0.3) is 5.65 Å². The van der Waals surface area contributed by atoms with Crippen molar-refractivity contribution in [3.63, 3.8) is 0 Å². The fourth-order valence-corrected chi connectivity index (χ4v) is 2.59. The van der Waals surface area contributed by atoms with Crippen molar-refractivity contribution in [3.8, 4) is 11.5 Å². The van der Waals surface area contributed by atoms with E-state index in [0.29, 0.717) is 36.8 Å². The normalized spacial score (nSPS) is 13.0. The van der Waals surface area contributed by atoms with Crippen molar-refractivity contribution < 1.29 is 9.47 Å². The minimum atomic E-state index is -0.0953. The lowest BCUT2D eigenvalue weighted by atomic mass is 10.2. The average molecular weight is 309 g/mol. The molecular formula is C17H15N3O3. The Morgan fingerprint density at radius 2 is 2.04 bits per heavy atom. The first-order valence-electron chi connectivity index (χ1n) is 7.41. The topological polar surface area (TPSA) is 64.9 Å². The van der Waals surface area contributed by atoms with Crippen LogP contribution in [0.2, 0.25) is 0 Å². The van der Waals surface area contributed by atoms with Gasteiger partial charge in [0.15, 0.2) is 11.5 Å². The van der Waals surface area contributed by atoms with Crippen LogP contribution in [-0.4, -0.2) is 22.6 Å². The lowest BCUT2D eigenvalue weighted by molar-refractivity contribution is 0.172. The van der Waals surface area contributed by atoms with Gasteiger partial charge in [-0.3, -0.25) is 9.20 Å². The van der Waals surface area contributed by atoms with Crippen LogP contribution in [0.15, 0.2) is 53.5 Å². The van der Waals surface area contributed by atoms with E-state index in [-0.39, 0.29) is 5.56 Å². The van der Waals surface area contributed by atoms with Crippen molar-refractivity contribution >= 4 is 11.3 Å². The highest BCUT2D eigenvalue weighted by molar-refractivity contribution is 5.63. The van der Waals surface area contributed by atoms with Crippen molar-refractivity contribution in [3.05, 3.63) is 64.7 Å². The molecule has 0 fully saturated rings. The van der Waals surface area contributed by atoms with Gasteiger partial charge in [0.25, 0.3) is 5.56 Å². The molecule has 6 nitrogen and oxygen atoms in total. The highest BCUT2D eigenvalue weighted by Gasteiger charge is 2.15. The zero-order valence-electron chi connectivity index (χ0n) is 12.4. The number of nitrogens with zero attached hydrogens (tertiary/aromatic N) is 2. The quantitative estimate of drug-likeness (QED) is 0.802. The molecule has 1 N–H and O–H groups in total. The number of fused-ring (bicyclic) bond motifs is 2. The van der Waals surface area contributed by atoms with Crippen molar-refractivity contribution in [2.75, 3.05) is 18.5 Å². The summed E-state index contributed by atoms with van der Waals surface area (Å²) in [5.41, 5.74) is 2.04. The van der Waals surface area contributed by atoms with E-state index in [0.717, 1.165) is 11.4 Å². The maximum absolute atomic E-state index is 12.1. The van der Waals surface area contributed by atoms with Crippen molar-refractivity contribution in [2.45, 2.75) is 6.54 Å². The Bertz CT molecular complexity index is 920. The average Bonchev–Trinajstić information content (AvgIpc) is 2.60. The molecule has 6 heteroatoms. The van der Waals surface area contributed by atoms with Crippen LogP contribution in [-0.2, 0) is 6.54 Å². The van der Waals surface area contributed by atoms with E-state index in [4.69, 9.17) is 9.47 Å². The van der Waals surface area contributed by atoms with E-state index >= 15 is 0 Å². The summed E-state index contributed by atoms with van der Waals surface area (Å²) in [6, 6.07) is 12.7. The third-order valence-electron chi connectivity index (χ3n) is 3.65. The highest BCUT2D eigenvalue weighted by atomic mass is 16.6. The molecule has 1 aromatic carbocycles. The number of pyridine rings is 1. The largest absolute Gasteiger partial charge is 0.486 e. The molecule has 0 aliphatic carbocycles. The summed E-state index contributed by atoms with van der Waals surface area (Å²) in [7, 11) is 0. The molecule has 1 aliphatic rings. The summed E-state index contributed by atoms with van der Waals surface area (Å²) in [5.74, 6) is 1.43. The fraction of sp³-hybridized carbons (Fsp3) is 0.176. The van der Waals surface area contributed by atoms with Crippen molar-refractivity contribution in [1.29, 1.82) is 0 Å². The first-order valence-corrected chi connectivity index (χ1v) is 7.41. The van der Waals surface area contributed by atoms with Gasteiger partial charge in [0.05, 0.1) is 17.9 Å². The molecule has 0 spiro atoms. The van der Waals surface area contributed by atoms with Gasteiger partial charge in [-0.25, -0.2) is 4.98 Å². The zero-order chi connectivity index (χ0) is 15.6. The number of aromatic nitrogens is 2. The first-order chi connectivity index (χ1) is 11.3. The standard InChI is InChI=1S/C17H15N3O3/c21-16-10-12(19-15-6-1-2-7-20(15)16)11-18-13-4-3-5-14-17(13)23-9-8-22-14/h1-7,10,18H,8-9,11H2. The second-order valence-electron chi connectivity index (χ2n) is 5.20. The minimum Gasteiger partial charge on any atom is -0.486 e. The number of para-hydroxylation sites is 1. The number of hydrogen-bond acceptors (Lipinski definition) is 5. The molecule has 3 heterocycles. The molecule has 23 heavy (non-hydrogen) atoms. The van der Waals surface area contributed by atoms with Crippen LogP contribution in [0.1, 0.15) is 5.69 Å². The summed E-state index contributed by atoms with van der Waals surface area (Å²) in [6.07, 6.45) is 1.71. The Morgan fingerprint density at radius 3 is 3.00 bits per heavy atom. The molecule has 0 bridgehead atoms. The van der Waals surface area contributed by atoms with Gasteiger partial charge < -0.3 is 14.8 Å². The van der Waals surface area contributed by atoms with Crippen molar-refractivity contribution in [1.82, 2.24) is 9.38 Å². The van der Waals surface area contributed by atoms with E-state index in [9.17, 15) is 4.79 Å². The highest BCUT2D eigenvalue weighted by Crippen LogP contribution is 2.37. The third-order valence-corrected chi connectivity index (χ3v) is 3.65. The summed E-state index contributed by atoms with van der Waals surface area (Å²) >= 11 is 0. The van der Waals surface area contributed by atoms with Crippen LogP contribution < -0.4 is 20.3 Å². The summed E-state index contributed by atoms with van der Waals surface area (Å²) in [6.45, 7) is 1.52. The molecule has 0 atom stereocenters. The van der Waals surface area contributed by atoms with E-state index < -0.39 is 0 Å². The molecule has 116 valence electrons. The van der Waals surface area contributed by atoms with Crippen LogP contribution in [0.4, 0.5) is 5.69 Å². The Kier molecular flexibility index (Phi) is 3.34. The number of rotatable bonds is 3. The molecule has 0 unspecified atom stereocenters. The Morgan fingerprint density at radius 1 is 1.13 bits per heavy atom. The first kappa shape index (κ1) is 13.6. The van der Waals surface area contributed by atoms with Gasteiger partial charge in [-0.1, -0.05) is 12.1 Å². The minimum absolute atomic E-state index is 0.0953. The van der Waals surface area contributed by atoms with Gasteiger partial charge in [-0.05, 0) is 24.3 Å². The number of nitrogens with one attached hydrogen (secondary N) is 1. The van der Waals surface area contributed by atoms with E-state index in [1.165, 1.54) is 10.5 Å². The molecule has 3 aromatic rings. The molecule has 0 saturated carbocycles. The summed E-state index contributed by atoms with van der Waals surface area (Å²) < 4.78 is 12.7. The van der Waals surface area contributed by atoms with Gasteiger partial charge in [0, 0.05) is 12.3 Å². The van der Waals surface area contributed by atoms with E-state index in [1.807, 2.05) is 36.4 Å². The maximum atomic E-state index is 12.1. The van der Waals surface area contributed by atoms with E-state index in [2.05, 4.69) is 10.3 Å². The summed E-state index contributed by atoms with van der Waals surface area (Å²) in [5, 5.41) is 3.27. The van der Waals surface area contributed by atoms with Crippen LogP contribution in [0, 0.1) is 0 Å². The smallest absolute Gasteiger partial charge is 0.258 e. The molecule has 2 aromatic heterocycles. The molecule has 4 rings (SSSR count). The number of benzene rings is 1. The van der Waals surface area contributed by atoms with Crippen LogP contribution in [0.5, 0.6) is 11.5 Å². The molecule has 0 amide bonds. The predicted molar refractivity (Wildman–Crippen MR) is 86.2 cm³/mol. The van der Waals surface area contributed by atoms with Gasteiger partial charge in [0.1, 0.15) is 18.9 Å². The Labute approximate surface area is 132 Å². The lowest BCUT2D eigenvalue weighted by Gasteiger charge is -2.21. The van der Waals surface area contributed by atoms with Gasteiger partial charge in [0.2, 0.25) is 0 Å². The van der Waals surface area contributed by atoms with Crippen molar-refractivity contribution in [2.24, 2.45) is 0 Å². The van der Waals surface area contributed by atoms with Crippen LogP contribution in [0.3, 0.4) is 0 Å². The Hall–Kier alpha value is -3.02. The molecule has 0 saturated heterocycles. The van der Waals surface area contributed by atoms with Crippen LogP contribution >= 0.6 is 0 Å². The number of ether oxygens (including phenoxy) is 2. The fourth-order valence-electron chi connectivity index (χ4n) is 2.59. The number of anilines is 1. The second kappa shape index (κ2) is 5.64. The monoisotopic (exact) mass is 309 g/mol. The second-order valence-corrected chi connectivity index (χ2v) is 5.20. The Balaban J connectivity index is 1.61. The summed E-state index contributed by atoms with van der Waals surface area (Å²) in [4.78, 5) is 16.6. The maximum Gasteiger partial charge on any atom is 0.258 e. The zero-order valence-corrected chi connectivity index (χ0v) is 12.4. The SMILES string of the molecule is O=c1cc(CNc2cccc3c2OCCO3)nc2ccccn12. The van der Waals surface area contributed by atoms with Gasteiger partial charge >= 0.3 is 0 Å².